The van der Waals surface area contributed by atoms with Crippen molar-refractivity contribution in [1.29, 1.82) is 0 Å². The van der Waals surface area contributed by atoms with Crippen molar-refractivity contribution in [2.45, 2.75) is 103 Å². The van der Waals surface area contributed by atoms with Crippen molar-refractivity contribution < 1.29 is 19.1 Å². The molecule has 2 heterocycles. The predicted molar refractivity (Wildman–Crippen MR) is 131 cm³/mol. The molecule has 4 aliphatic carbocycles. The molecule has 6 atom stereocenters. The fraction of sp³-hybridized carbons (Fsp3) is 0.667. The minimum absolute atomic E-state index is 0.0274. The molecule has 0 bridgehead atoms. The monoisotopic (exact) mass is 462 g/mol. The number of carbonyl (C=O) groups is 2. The van der Waals surface area contributed by atoms with E-state index in [0.29, 0.717) is 24.7 Å². The van der Waals surface area contributed by atoms with E-state index in [0.717, 1.165) is 73.7 Å². The molecule has 0 unspecified atom stereocenters. The van der Waals surface area contributed by atoms with E-state index in [-0.39, 0.29) is 22.8 Å². The molecule has 2 aliphatic heterocycles. The maximum absolute atomic E-state index is 13.3. The number of esters is 2. The second kappa shape index (κ2) is 6.77. The smallest absolute Gasteiger partial charge is 0.334 e. The van der Waals surface area contributed by atoms with Crippen LogP contribution in [0, 0.1) is 22.7 Å². The molecule has 182 valence electrons. The van der Waals surface area contributed by atoms with E-state index in [2.05, 4.69) is 27.0 Å². The Hall–Kier alpha value is -2.10. The van der Waals surface area contributed by atoms with Gasteiger partial charge < -0.3 is 9.47 Å². The lowest BCUT2D eigenvalue weighted by molar-refractivity contribution is -0.209. The quantitative estimate of drug-likeness (QED) is 0.329. The lowest BCUT2D eigenvalue weighted by atomic mass is 9.46. The normalized spacial score (nSPS) is 46.0. The number of fused-ring (bicyclic) bond motifs is 5. The Morgan fingerprint density at radius 1 is 0.735 bits per heavy atom. The van der Waals surface area contributed by atoms with Crippen LogP contribution in [0.5, 0.6) is 0 Å². The van der Waals surface area contributed by atoms with Gasteiger partial charge in [-0.3, -0.25) is 0 Å². The van der Waals surface area contributed by atoms with Crippen LogP contribution in [0.25, 0.3) is 0 Å². The van der Waals surface area contributed by atoms with Crippen LogP contribution in [0.4, 0.5) is 0 Å². The lowest BCUT2D eigenvalue weighted by Gasteiger charge is -2.61. The lowest BCUT2D eigenvalue weighted by Crippen LogP contribution is -2.66. The van der Waals surface area contributed by atoms with Crippen LogP contribution in [0.3, 0.4) is 0 Å². The highest BCUT2D eigenvalue weighted by atomic mass is 16.6. The topological polar surface area (TPSA) is 52.6 Å². The van der Waals surface area contributed by atoms with Gasteiger partial charge >= 0.3 is 11.9 Å². The van der Waals surface area contributed by atoms with E-state index in [1.54, 1.807) is 0 Å². The first-order chi connectivity index (χ1) is 16.0. The van der Waals surface area contributed by atoms with E-state index in [1.807, 2.05) is 13.8 Å². The van der Waals surface area contributed by atoms with Crippen LogP contribution in [0.15, 0.2) is 46.6 Å². The van der Waals surface area contributed by atoms with Gasteiger partial charge in [-0.25, -0.2) is 9.59 Å². The maximum atomic E-state index is 13.3. The van der Waals surface area contributed by atoms with Gasteiger partial charge in [-0.1, -0.05) is 38.2 Å². The summed E-state index contributed by atoms with van der Waals surface area (Å²) in [6.07, 6.45) is 9.48. The average Bonchev–Trinajstić information content (AvgIpc) is 3.16. The molecule has 0 spiro atoms. The standard InChI is InChI=1S/C30H38O4/c1-17-9-7-11-27(5)15-29(23(13-21(17)27)19(3)25(31)33-29)30-16-28(6)12-8-10-18(2)22(28)14-24(30)20(4)26(32)34-30/h21-22H,1-2,7-16H2,3-6H3/t21-,22+,27+,28-,29+,30-. The molecule has 4 saturated carbocycles. The number of hydrogen-bond acceptors (Lipinski definition) is 4. The summed E-state index contributed by atoms with van der Waals surface area (Å²) in [7, 11) is 0. The molecule has 4 fully saturated rings. The summed E-state index contributed by atoms with van der Waals surface area (Å²) in [6, 6.07) is 0. The molecule has 0 aromatic rings. The highest BCUT2D eigenvalue weighted by Crippen LogP contribution is 2.70. The molecular weight excluding hydrogens is 424 g/mol. The number of allylic oxidation sites excluding steroid dienone is 2. The van der Waals surface area contributed by atoms with Crippen LogP contribution in [0.1, 0.15) is 91.9 Å². The van der Waals surface area contributed by atoms with Crippen LogP contribution in [-0.4, -0.2) is 23.1 Å². The van der Waals surface area contributed by atoms with E-state index in [4.69, 9.17) is 9.47 Å². The van der Waals surface area contributed by atoms with Gasteiger partial charge in [0.05, 0.1) is 0 Å². The largest absolute Gasteiger partial charge is 0.446 e. The molecule has 0 N–H and O–H groups in total. The number of hydrogen-bond donors (Lipinski definition) is 0. The van der Waals surface area contributed by atoms with Gasteiger partial charge in [-0.05, 0) is 99.0 Å². The van der Waals surface area contributed by atoms with Crippen molar-refractivity contribution in [3.8, 4) is 0 Å². The first-order valence-electron chi connectivity index (χ1n) is 13.2. The van der Waals surface area contributed by atoms with E-state index in [9.17, 15) is 9.59 Å². The van der Waals surface area contributed by atoms with Gasteiger partial charge in [0, 0.05) is 24.0 Å². The molecule has 0 aromatic heterocycles. The molecule has 0 amide bonds. The summed E-state index contributed by atoms with van der Waals surface area (Å²) in [5, 5.41) is 0. The third-order valence-electron chi connectivity index (χ3n) is 11.0. The molecule has 6 rings (SSSR count). The van der Waals surface area contributed by atoms with Crippen molar-refractivity contribution in [3.63, 3.8) is 0 Å². The van der Waals surface area contributed by atoms with Gasteiger partial charge in [0.1, 0.15) is 0 Å². The Kier molecular flexibility index (Phi) is 4.45. The minimum atomic E-state index is -0.910. The van der Waals surface area contributed by atoms with Crippen LogP contribution in [0.2, 0.25) is 0 Å². The molecule has 4 nitrogen and oxygen atoms in total. The van der Waals surface area contributed by atoms with E-state index in [1.165, 1.54) is 11.1 Å². The summed E-state index contributed by atoms with van der Waals surface area (Å²) in [4.78, 5) is 26.5. The van der Waals surface area contributed by atoms with Gasteiger partial charge in [0.15, 0.2) is 11.2 Å². The Morgan fingerprint density at radius 3 is 1.50 bits per heavy atom. The fourth-order valence-electron chi connectivity index (χ4n) is 9.18. The predicted octanol–water partition coefficient (Wildman–Crippen LogP) is 6.52. The number of rotatable bonds is 1. The first-order valence-corrected chi connectivity index (χ1v) is 13.2. The zero-order valence-electron chi connectivity index (χ0n) is 21.3. The van der Waals surface area contributed by atoms with Crippen LogP contribution in [-0.2, 0) is 19.1 Å². The summed E-state index contributed by atoms with van der Waals surface area (Å²) in [5.41, 5.74) is 4.30. The highest BCUT2D eigenvalue weighted by Gasteiger charge is 2.74. The van der Waals surface area contributed by atoms with Crippen molar-refractivity contribution >= 4 is 11.9 Å². The fourth-order valence-corrected chi connectivity index (χ4v) is 9.18. The van der Waals surface area contributed by atoms with Crippen LogP contribution < -0.4 is 0 Å². The second-order valence-corrected chi connectivity index (χ2v) is 12.8. The zero-order chi connectivity index (χ0) is 24.3. The highest BCUT2D eigenvalue weighted by molar-refractivity contribution is 5.96. The van der Waals surface area contributed by atoms with Gasteiger partial charge in [-0.15, -0.1) is 0 Å². The van der Waals surface area contributed by atoms with Crippen molar-refractivity contribution in [2.24, 2.45) is 22.7 Å². The van der Waals surface area contributed by atoms with Gasteiger partial charge in [0.2, 0.25) is 0 Å². The van der Waals surface area contributed by atoms with E-state index < -0.39 is 11.2 Å². The molecule has 0 radical (unpaired) electrons. The summed E-state index contributed by atoms with van der Waals surface area (Å²) < 4.78 is 13.1. The second-order valence-electron chi connectivity index (χ2n) is 12.8. The minimum Gasteiger partial charge on any atom is -0.446 e. The summed E-state index contributed by atoms with van der Waals surface area (Å²) >= 11 is 0. The molecular formula is C30H38O4. The number of carbonyl (C=O) groups excluding carboxylic acids is 2. The van der Waals surface area contributed by atoms with Gasteiger partial charge in [-0.2, -0.15) is 0 Å². The average molecular weight is 463 g/mol. The molecule has 0 saturated heterocycles. The molecule has 34 heavy (non-hydrogen) atoms. The molecule has 0 aromatic carbocycles. The van der Waals surface area contributed by atoms with E-state index >= 15 is 0 Å². The Bertz CT molecular complexity index is 1030. The zero-order valence-corrected chi connectivity index (χ0v) is 21.3. The van der Waals surface area contributed by atoms with Crippen molar-refractivity contribution in [1.82, 2.24) is 0 Å². The SMILES string of the molecule is C=C1CCC[C@@]2(C)C[C@]3([C@@]45C[C@@]6(C)CCCC(=C)[C@@H]6CC4=C(C)C(=O)O5)OC(=O)C(C)=C3C[C@H]12. The number of ether oxygens (including phenoxy) is 2. The Labute approximate surface area is 203 Å². The maximum Gasteiger partial charge on any atom is 0.334 e. The third kappa shape index (κ3) is 2.55. The summed E-state index contributed by atoms with van der Waals surface area (Å²) in [5.74, 6) is 0.213. The third-order valence-corrected chi connectivity index (χ3v) is 11.0. The molecule has 4 heteroatoms. The Balaban J connectivity index is 1.57. The molecule has 6 aliphatic rings. The van der Waals surface area contributed by atoms with Crippen LogP contribution >= 0.6 is 0 Å². The van der Waals surface area contributed by atoms with Crippen molar-refractivity contribution in [3.05, 3.63) is 46.6 Å². The first kappa shape index (κ1) is 22.4. The van der Waals surface area contributed by atoms with Gasteiger partial charge in [0.25, 0.3) is 0 Å². The van der Waals surface area contributed by atoms with Crippen molar-refractivity contribution in [2.75, 3.05) is 0 Å². The summed E-state index contributed by atoms with van der Waals surface area (Å²) in [6.45, 7) is 17.4. The Morgan fingerprint density at radius 2 is 1.12 bits per heavy atom.